The van der Waals surface area contributed by atoms with Gasteiger partial charge in [-0.15, -0.1) is 0 Å². The van der Waals surface area contributed by atoms with Crippen LogP contribution < -0.4 is 5.32 Å². The standard InChI is InChI=1S/C13H17FN2O2/c1-9(5-10-3-2-4-10)15-12-6-11(14)7-13(8-12)16(17)18/h6-10,15H,2-5H2,1H3. The average Bonchev–Trinajstić information content (AvgIpc) is 2.22. The normalized spacial score (nSPS) is 17.0. The molecule has 4 nitrogen and oxygen atoms in total. The van der Waals surface area contributed by atoms with Crippen molar-refractivity contribution in [1.29, 1.82) is 0 Å². The van der Waals surface area contributed by atoms with E-state index < -0.39 is 10.7 Å². The maximum absolute atomic E-state index is 13.2. The molecule has 2 rings (SSSR count). The van der Waals surface area contributed by atoms with E-state index >= 15 is 0 Å². The number of anilines is 1. The zero-order valence-electron chi connectivity index (χ0n) is 10.4. The lowest BCUT2D eigenvalue weighted by Gasteiger charge is -2.28. The van der Waals surface area contributed by atoms with Crippen molar-refractivity contribution in [3.8, 4) is 0 Å². The fourth-order valence-corrected chi connectivity index (χ4v) is 2.33. The molecule has 0 amide bonds. The average molecular weight is 252 g/mol. The molecule has 0 aromatic heterocycles. The lowest BCUT2D eigenvalue weighted by molar-refractivity contribution is -0.385. The van der Waals surface area contributed by atoms with E-state index in [0.717, 1.165) is 18.4 Å². The van der Waals surface area contributed by atoms with Crippen LogP contribution in [0.25, 0.3) is 0 Å². The second kappa shape index (κ2) is 5.33. The van der Waals surface area contributed by atoms with Crippen LogP contribution in [-0.4, -0.2) is 11.0 Å². The Balaban J connectivity index is 2.00. The van der Waals surface area contributed by atoms with Crippen molar-refractivity contribution in [2.24, 2.45) is 5.92 Å². The molecule has 1 aromatic rings. The number of nitro groups is 1. The number of non-ortho nitro benzene ring substituents is 1. The third kappa shape index (κ3) is 3.18. The molecule has 0 radical (unpaired) electrons. The number of nitrogens with zero attached hydrogens (tertiary/aromatic N) is 1. The van der Waals surface area contributed by atoms with Gasteiger partial charge in [-0.3, -0.25) is 10.1 Å². The molecule has 0 spiro atoms. The molecule has 18 heavy (non-hydrogen) atoms. The van der Waals surface area contributed by atoms with Crippen molar-refractivity contribution < 1.29 is 9.31 Å². The number of rotatable bonds is 5. The van der Waals surface area contributed by atoms with Gasteiger partial charge in [0.2, 0.25) is 0 Å². The molecule has 0 aliphatic heterocycles. The first-order valence-corrected chi connectivity index (χ1v) is 6.26. The number of hydrogen-bond acceptors (Lipinski definition) is 3. The Kier molecular flexibility index (Phi) is 3.79. The summed E-state index contributed by atoms with van der Waals surface area (Å²) in [6.07, 6.45) is 4.85. The number of halogens is 1. The predicted octanol–water partition coefficient (Wildman–Crippen LogP) is 3.72. The highest BCUT2D eigenvalue weighted by atomic mass is 19.1. The van der Waals surface area contributed by atoms with Crippen molar-refractivity contribution in [3.05, 3.63) is 34.1 Å². The van der Waals surface area contributed by atoms with Gasteiger partial charge in [-0.05, 0) is 25.3 Å². The van der Waals surface area contributed by atoms with Crippen LogP contribution in [-0.2, 0) is 0 Å². The van der Waals surface area contributed by atoms with Crippen LogP contribution in [0.2, 0.25) is 0 Å². The van der Waals surface area contributed by atoms with E-state index in [1.807, 2.05) is 6.92 Å². The van der Waals surface area contributed by atoms with Crippen molar-refractivity contribution in [2.75, 3.05) is 5.32 Å². The van der Waals surface area contributed by atoms with Crippen LogP contribution in [0.3, 0.4) is 0 Å². The molecular formula is C13H17FN2O2. The molecule has 0 saturated heterocycles. The largest absolute Gasteiger partial charge is 0.382 e. The minimum Gasteiger partial charge on any atom is -0.382 e. The maximum Gasteiger partial charge on any atom is 0.274 e. The molecule has 1 aliphatic rings. The van der Waals surface area contributed by atoms with Gasteiger partial charge in [-0.25, -0.2) is 4.39 Å². The summed E-state index contributed by atoms with van der Waals surface area (Å²) in [7, 11) is 0. The molecule has 1 saturated carbocycles. The van der Waals surface area contributed by atoms with Crippen LogP contribution in [0, 0.1) is 21.8 Å². The van der Waals surface area contributed by atoms with Crippen molar-refractivity contribution in [1.82, 2.24) is 0 Å². The molecule has 1 fully saturated rings. The van der Waals surface area contributed by atoms with Gasteiger partial charge in [0.15, 0.2) is 0 Å². The van der Waals surface area contributed by atoms with E-state index in [1.54, 1.807) is 0 Å². The Bertz CT molecular complexity index is 447. The fraction of sp³-hybridized carbons (Fsp3) is 0.538. The number of nitro benzene ring substituents is 1. The lowest BCUT2D eigenvalue weighted by atomic mass is 9.81. The zero-order valence-corrected chi connectivity index (χ0v) is 10.4. The molecule has 1 aromatic carbocycles. The SMILES string of the molecule is CC(CC1CCC1)Nc1cc(F)cc([N+](=O)[O-])c1. The van der Waals surface area contributed by atoms with Crippen LogP contribution >= 0.6 is 0 Å². The number of hydrogen-bond donors (Lipinski definition) is 1. The first-order chi connectivity index (χ1) is 8.54. The first kappa shape index (κ1) is 12.8. The van der Waals surface area contributed by atoms with Gasteiger partial charge in [0.05, 0.1) is 11.0 Å². The van der Waals surface area contributed by atoms with Gasteiger partial charge < -0.3 is 5.32 Å². The zero-order chi connectivity index (χ0) is 13.1. The summed E-state index contributed by atoms with van der Waals surface area (Å²) >= 11 is 0. The van der Waals surface area contributed by atoms with E-state index in [-0.39, 0.29) is 11.7 Å². The van der Waals surface area contributed by atoms with Crippen LogP contribution in [0.4, 0.5) is 15.8 Å². The third-order valence-electron chi connectivity index (χ3n) is 3.42. The van der Waals surface area contributed by atoms with E-state index in [4.69, 9.17) is 0 Å². The van der Waals surface area contributed by atoms with E-state index in [1.165, 1.54) is 31.4 Å². The smallest absolute Gasteiger partial charge is 0.274 e. The number of nitrogens with one attached hydrogen (secondary N) is 1. The lowest BCUT2D eigenvalue weighted by Crippen LogP contribution is -2.23. The van der Waals surface area contributed by atoms with Crippen molar-refractivity contribution in [2.45, 2.75) is 38.6 Å². The summed E-state index contributed by atoms with van der Waals surface area (Å²) in [5, 5.41) is 13.8. The molecule has 0 bridgehead atoms. The Morgan fingerprint density at radius 3 is 2.78 bits per heavy atom. The van der Waals surface area contributed by atoms with Crippen LogP contribution in [0.5, 0.6) is 0 Å². The minimum absolute atomic E-state index is 0.205. The van der Waals surface area contributed by atoms with Crippen LogP contribution in [0.15, 0.2) is 18.2 Å². The van der Waals surface area contributed by atoms with Gasteiger partial charge in [-0.1, -0.05) is 19.3 Å². The molecule has 1 unspecified atom stereocenters. The minimum atomic E-state index is -0.581. The second-order valence-corrected chi connectivity index (χ2v) is 5.03. The summed E-state index contributed by atoms with van der Waals surface area (Å²) in [4.78, 5) is 10.1. The van der Waals surface area contributed by atoms with Gasteiger partial charge in [0.25, 0.3) is 5.69 Å². The summed E-state index contributed by atoms with van der Waals surface area (Å²) in [5.74, 6) is 0.165. The molecule has 1 N–H and O–H groups in total. The molecule has 1 atom stereocenters. The van der Waals surface area contributed by atoms with Gasteiger partial charge >= 0.3 is 0 Å². The monoisotopic (exact) mass is 252 g/mol. The highest BCUT2D eigenvalue weighted by Crippen LogP contribution is 2.31. The molecule has 0 heterocycles. The predicted molar refractivity (Wildman–Crippen MR) is 68.1 cm³/mol. The highest BCUT2D eigenvalue weighted by molar-refractivity contribution is 5.52. The quantitative estimate of drug-likeness (QED) is 0.641. The summed E-state index contributed by atoms with van der Waals surface area (Å²) < 4.78 is 13.2. The fourth-order valence-electron chi connectivity index (χ4n) is 2.33. The van der Waals surface area contributed by atoms with E-state index in [2.05, 4.69) is 5.32 Å². The van der Waals surface area contributed by atoms with Crippen molar-refractivity contribution in [3.63, 3.8) is 0 Å². The van der Waals surface area contributed by atoms with E-state index in [9.17, 15) is 14.5 Å². The van der Waals surface area contributed by atoms with Gasteiger partial charge in [0.1, 0.15) is 5.82 Å². The maximum atomic E-state index is 13.2. The third-order valence-corrected chi connectivity index (χ3v) is 3.42. The van der Waals surface area contributed by atoms with Crippen molar-refractivity contribution >= 4 is 11.4 Å². The Morgan fingerprint density at radius 2 is 2.22 bits per heavy atom. The first-order valence-electron chi connectivity index (χ1n) is 6.26. The Morgan fingerprint density at radius 1 is 1.50 bits per heavy atom. The molecule has 5 heteroatoms. The summed E-state index contributed by atoms with van der Waals surface area (Å²) in [5.41, 5.74) is 0.266. The summed E-state index contributed by atoms with van der Waals surface area (Å²) in [6.45, 7) is 2.02. The Labute approximate surface area is 105 Å². The summed E-state index contributed by atoms with van der Waals surface area (Å²) in [6, 6.07) is 3.81. The second-order valence-electron chi connectivity index (χ2n) is 5.03. The van der Waals surface area contributed by atoms with Gasteiger partial charge in [-0.2, -0.15) is 0 Å². The van der Waals surface area contributed by atoms with E-state index in [0.29, 0.717) is 5.69 Å². The highest BCUT2D eigenvalue weighted by Gasteiger charge is 2.20. The Hall–Kier alpha value is -1.65. The molecular weight excluding hydrogens is 235 g/mol. The number of benzene rings is 1. The molecule has 98 valence electrons. The molecule has 1 aliphatic carbocycles. The topological polar surface area (TPSA) is 55.2 Å². The van der Waals surface area contributed by atoms with Gasteiger partial charge in [0, 0.05) is 17.8 Å². The van der Waals surface area contributed by atoms with Crippen LogP contribution in [0.1, 0.15) is 32.6 Å².